The summed E-state index contributed by atoms with van der Waals surface area (Å²) in [4.78, 5) is 6.83. The van der Waals surface area contributed by atoms with Crippen molar-refractivity contribution in [1.82, 2.24) is 15.2 Å². The van der Waals surface area contributed by atoms with Gasteiger partial charge in [-0.1, -0.05) is 24.3 Å². The van der Waals surface area contributed by atoms with Gasteiger partial charge in [-0.05, 0) is 42.2 Å². The number of nitrogens with one attached hydrogen (secondary N) is 1. The van der Waals surface area contributed by atoms with Gasteiger partial charge in [0.1, 0.15) is 0 Å². The molecule has 0 bridgehead atoms. The van der Waals surface area contributed by atoms with Crippen LogP contribution >= 0.6 is 0 Å². The summed E-state index contributed by atoms with van der Waals surface area (Å²) in [6.07, 6.45) is 3.53. The van der Waals surface area contributed by atoms with Crippen molar-refractivity contribution in [3.8, 4) is 11.5 Å². The van der Waals surface area contributed by atoms with Crippen LogP contribution in [0.25, 0.3) is 0 Å². The maximum absolute atomic E-state index is 5.36. The van der Waals surface area contributed by atoms with E-state index in [0.717, 1.165) is 42.3 Å². The van der Waals surface area contributed by atoms with Gasteiger partial charge >= 0.3 is 0 Å². The Morgan fingerprint density at radius 1 is 1.07 bits per heavy atom. The highest BCUT2D eigenvalue weighted by Gasteiger charge is 2.21. The zero-order valence-electron chi connectivity index (χ0n) is 16.1. The number of fused-ring (bicyclic) bond motifs is 1. The SMILES string of the molecule is COc1ccc(CCNc2nncc(N3CCc4ccccc43)n2)cc1OC. The van der Waals surface area contributed by atoms with E-state index in [2.05, 4.69) is 43.6 Å². The van der Waals surface area contributed by atoms with Crippen LogP contribution in [0.1, 0.15) is 11.1 Å². The fourth-order valence-corrected chi connectivity index (χ4v) is 3.43. The van der Waals surface area contributed by atoms with Gasteiger partial charge in [-0.2, -0.15) is 10.1 Å². The van der Waals surface area contributed by atoms with Gasteiger partial charge in [-0.25, -0.2) is 0 Å². The van der Waals surface area contributed by atoms with Crippen molar-refractivity contribution in [2.24, 2.45) is 0 Å². The number of nitrogens with zero attached hydrogens (tertiary/aromatic N) is 4. The summed E-state index contributed by atoms with van der Waals surface area (Å²) in [5.74, 6) is 2.80. The van der Waals surface area contributed by atoms with Gasteiger partial charge < -0.3 is 19.7 Å². The van der Waals surface area contributed by atoms with Crippen LogP contribution in [0.5, 0.6) is 11.5 Å². The number of rotatable bonds is 7. The molecule has 0 unspecified atom stereocenters. The molecule has 0 aliphatic carbocycles. The van der Waals surface area contributed by atoms with Crippen LogP contribution in [0, 0.1) is 0 Å². The minimum absolute atomic E-state index is 0.530. The second kappa shape index (κ2) is 8.12. The van der Waals surface area contributed by atoms with Gasteiger partial charge in [-0.3, -0.25) is 0 Å². The Hall–Kier alpha value is -3.35. The van der Waals surface area contributed by atoms with Crippen molar-refractivity contribution in [3.05, 3.63) is 59.8 Å². The molecule has 4 rings (SSSR count). The first-order valence-corrected chi connectivity index (χ1v) is 9.28. The molecule has 7 nitrogen and oxygen atoms in total. The van der Waals surface area contributed by atoms with E-state index >= 15 is 0 Å². The van der Waals surface area contributed by atoms with Crippen molar-refractivity contribution in [1.29, 1.82) is 0 Å². The third-order valence-electron chi connectivity index (χ3n) is 4.85. The first-order chi connectivity index (χ1) is 13.8. The predicted octanol–water partition coefficient (Wildman–Crippen LogP) is 3.24. The Balaban J connectivity index is 1.41. The molecule has 1 N–H and O–H groups in total. The maximum atomic E-state index is 5.36. The van der Waals surface area contributed by atoms with Crippen LogP contribution in [0.15, 0.2) is 48.7 Å². The zero-order chi connectivity index (χ0) is 19.3. The molecular formula is C21H23N5O2. The van der Waals surface area contributed by atoms with Crippen molar-refractivity contribution in [2.75, 3.05) is 37.5 Å². The number of ether oxygens (including phenoxy) is 2. The molecular weight excluding hydrogens is 354 g/mol. The molecule has 1 aromatic heterocycles. The van der Waals surface area contributed by atoms with Crippen LogP contribution in [-0.2, 0) is 12.8 Å². The topological polar surface area (TPSA) is 72.4 Å². The minimum atomic E-state index is 0.530. The summed E-state index contributed by atoms with van der Waals surface area (Å²) in [5.41, 5.74) is 3.67. The zero-order valence-corrected chi connectivity index (χ0v) is 16.1. The van der Waals surface area contributed by atoms with E-state index in [1.807, 2.05) is 24.3 Å². The quantitative estimate of drug-likeness (QED) is 0.678. The second-order valence-electron chi connectivity index (χ2n) is 6.53. The molecule has 28 heavy (non-hydrogen) atoms. The van der Waals surface area contributed by atoms with Crippen molar-refractivity contribution < 1.29 is 9.47 Å². The molecule has 0 saturated heterocycles. The van der Waals surface area contributed by atoms with E-state index < -0.39 is 0 Å². The number of anilines is 3. The lowest BCUT2D eigenvalue weighted by molar-refractivity contribution is 0.354. The summed E-state index contributed by atoms with van der Waals surface area (Å²) in [7, 11) is 3.27. The lowest BCUT2D eigenvalue weighted by atomic mass is 10.1. The molecule has 0 saturated carbocycles. The van der Waals surface area contributed by atoms with Crippen molar-refractivity contribution >= 4 is 17.5 Å². The van der Waals surface area contributed by atoms with Crippen molar-refractivity contribution in [2.45, 2.75) is 12.8 Å². The molecule has 3 aromatic rings. The second-order valence-corrected chi connectivity index (χ2v) is 6.53. The van der Waals surface area contributed by atoms with E-state index in [1.165, 1.54) is 11.3 Å². The Labute approximate surface area is 164 Å². The number of methoxy groups -OCH3 is 2. The van der Waals surface area contributed by atoms with Crippen LogP contribution in [0.2, 0.25) is 0 Å². The standard InChI is InChI=1S/C21H23N5O2/c1-27-18-8-7-15(13-19(18)28-2)9-11-22-21-24-20(14-23-25-21)26-12-10-16-5-3-4-6-17(16)26/h3-8,13-14H,9-12H2,1-2H3,(H,22,24,25). The fourth-order valence-electron chi connectivity index (χ4n) is 3.43. The summed E-state index contributed by atoms with van der Waals surface area (Å²) < 4.78 is 10.6. The van der Waals surface area contributed by atoms with E-state index in [0.29, 0.717) is 12.5 Å². The Bertz CT molecular complexity index is 963. The van der Waals surface area contributed by atoms with E-state index in [-0.39, 0.29) is 0 Å². The van der Waals surface area contributed by atoms with E-state index in [1.54, 1.807) is 20.4 Å². The first-order valence-electron chi connectivity index (χ1n) is 9.28. The van der Waals surface area contributed by atoms with Gasteiger partial charge in [-0.15, -0.1) is 5.10 Å². The number of benzene rings is 2. The monoisotopic (exact) mass is 377 g/mol. The number of hydrogen-bond donors (Lipinski definition) is 1. The van der Waals surface area contributed by atoms with Crippen LogP contribution in [0.3, 0.4) is 0 Å². The third-order valence-corrected chi connectivity index (χ3v) is 4.85. The van der Waals surface area contributed by atoms with Gasteiger partial charge in [0.25, 0.3) is 0 Å². The van der Waals surface area contributed by atoms with E-state index in [9.17, 15) is 0 Å². The largest absolute Gasteiger partial charge is 0.493 e. The smallest absolute Gasteiger partial charge is 0.244 e. The highest BCUT2D eigenvalue weighted by Crippen LogP contribution is 2.33. The molecule has 7 heteroatoms. The fraction of sp³-hybridized carbons (Fsp3) is 0.286. The van der Waals surface area contributed by atoms with Gasteiger partial charge in [0.2, 0.25) is 5.95 Å². The summed E-state index contributed by atoms with van der Waals surface area (Å²) >= 11 is 0. The summed E-state index contributed by atoms with van der Waals surface area (Å²) in [6.45, 7) is 1.60. The lowest BCUT2D eigenvalue weighted by Crippen LogP contribution is -2.17. The normalized spacial score (nSPS) is 12.6. The van der Waals surface area contributed by atoms with Crippen molar-refractivity contribution in [3.63, 3.8) is 0 Å². The molecule has 144 valence electrons. The highest BCUT2D eigenvalue weighted by molar-refractivity contribution is 5.67. The average molecular weight is 377 g/mol. The first kappa shape index (κ1) is 18.0. The maximum Gasteiger partial charge on any atom is 0.244 e. The lowest BCUT2D eigenvalue weighted by Gasteiger charge is -2.18. The molecule has 2 aromatic carbocycles. The summed E-state index contributed by atoms with van der Waals surface area (Å²) in [5, 5.41) is 11.5. The Kier molecular flexibility index (Phi) is 5.23. The molecule has 1 aliphatic rings. The molecule has 0 fully saturated rings. The molecule has 0 amide bonds. The van der Waals surface area contributed by atoms with E-state index in [4.69, 9.17) is 9.47 Å². The molecule has 2 heterocycles. The minimum Gasteiger partial charge on any atom is -0.493 e. The number of aromatic nitrogens is 3. The molecule has 0 radical (unpaired) electrons. The summed E-state index contributed by atoms with van der Waals surface area (Å²) in [6, 6.07) is 14.3. The number of hydrogen-bond acceptors (Lipinski definition) is 7. The average Bonchev–Trinajstić information content (AvgIpc) is 3.18. The van der Waals surface area contributed by atoms with Gasteiger partial charge in [0, 0.05) is 18.8 Å². The Morgan fingerprint density at radius 2 is 1.93 bits per heavy atom. The van der Waals surface area contributed by atoms with Gasteiger partial charge in [0.05, 0.1) is 20.4 Å². The van der Waals surface area contributed by atoms with Crippen LogP contribution < -0.4 is 19.7 Å². The highest BCUT2D eigenvalue weighted by atomic mass is 16.5. The van der Waals surface area contributed by atoms with Crippen LogP contribution in [0.4, 0.5) is 17.5 Å². The predicted molar refractivity (Wildman–Crippen MR) is 109 cm³/mol. The molecule has 0 spiro atoms. The Morgan fingerprint density at radius 3 is 2.79 bits per heavy atom. The van der Waals surface area contributed by atoms with Crippen LogP contribution in [-0.4, -0.2) is 42.5 Å². The third kappa shape index (κ3) is 3.69. The number of para-hydroxylation sites is 1. The van der Waals surface area contributed by atoms with Gasteiger partial charge in [0.15, 0.2) is 17.3 Å². The molecule has 0 atom stereocenters. The molecule has 1 aliphatic heterocycles.